The molecule has 0 aliphatic heterocycles. The minimum Gasteiger partial charge on any atom is -0.497 e. The van der Waals surface area contributed by atoms with Gasteiger partial charge in [-0.25, -0.2) is 4.98 Å². The van der Waals surface area contributed by atoms with Crippen molar-refractivity contribution in [3.05, 3.63) is 29.3 Å². The molecule has 0 fully saturated rings. The topological polar surface area (TPSA) is 86.5 Å². The van der Waals surface area contributed by atoms with Crippen molar-refractivity contribution in [1.82, 2.24) is 4.98 Å². The highest BCUT2D eigenvalue weighted by Gasteiger charge is 2.11. The molecule has 2 rings (SSSR count). The molecule has 0 unspecified atom stereocenters. The van der Waals surface area contributed by atoms with Crippen LogP contribution in [-0.4, -0.2) is 31.5 Å². The number of rotatable bonds is 6. The molecule has 0 aliphatic carbocycles. The van der Waals surface area contributed by atoms with Crippen molar-refractivity contribution in [2.75, 3.05) is 26.1 Å². The summed E-state index contributed by atoms with van der Waals surface area (Å²) in [5.74, 6) is 1.23. The number of thiazole rings is 1. The molecule has 6 nitrogen and oxygen atoms in total. The summed E-state index contributed by atoms with van der Waals surface area (Å²) in [5.41, 5.74) is 6.04. The molecule has 0 atom stereocenters. The number of anilines is 2. The molecule has 106 valence electrons. The number of ketones is 1. The number of nitrogens with two attached hydrogens (primary N) is 1. The first-order valence-electron chi connectivity index (χ1n) is 5.86. The molecule has 0 aliphatic rings. The fourth-order valence-corrected chi connectivity index (χ4v) is 2.37. The largest absolute Gasteiger partial charge is 0.497 e. The fourth-order valence-electron chi connectivity index (χ4n) is 1.59. The lowest BCUT2D eigenvalue weighted by Crippen LogP contribution is -2.11. The first-order valence-corrected chi connectivity index (χ1v) is 6.67. The van der Waals surface area contributed by atoms with Crippen LogP contribution >= 0.6 is 11.3 Å². The quantitative estimate of drug-likeness (QED) is 0.793. The van der Waals surface area contributed by atoms with Gasteiger partial charge < -0.3 is 20.5 Å². The molecule has 0 saturated carbocycles. The van der Waals surface area contributed by atoms with E-state index in [-0.39, 0.29) is 12.3 Å². The van der Waals surface area contributed by atoms with Crippen LogP contribution in [0.25, 0.3) is 0 Å². The van der Waals surface area contributed by atoms with Gasteiger partial charge in [0.1, 0.15) is 11.5 Å². The molecule has 1 aromatic heterocycles. The lowest BCUT2D eigenvalue weighted by atomic mass is 10.2. The number of nitrogens with one attached hydrogen (secondary N) is 1. The second kappa shape index (κ2) is 6.36. The normalized spacial score (nSPS) is 10.2. The van der Waals surface area contributed by atoms with E-state index in [1.807, 2.05) is 0 Å². The predicted octanol–water partition coefficient (Wildman–Crippen LogP) is 2.05. The summed E-state index contributed by atoms with van der Waals surface area (Å²) in [7, 11) is 3.17. The van der Waals surface area contributed by atoms with Crippen molar-refractivity contribution in [2.45, 2.75) is 0 Å². The Balaban J connectivity index is 2.24. The number of ether oxygens (including phenoxy) is 2. The van der Waals surface area contributed by atoms with Gasteiger partial charge in [0, 0.05) is 6.07 Å². The number of Topliss-reactive ketones (excluding diaryl/α,β-unsaturated/α-hetero) is 1. The zero-order valence-corrected chi connectivity index (χ0v) is 12.0. The van der Waals surface area contributed by atoms with Gasteiger partial charge in [-0.1, -0.05) is 11.3 Å². The van der Waals surface area contributed by atoms with E-state index in [0.29, 0.717) is 27.2 Å². The highest BCUT2D eigenvalue weighted by Crippen LogP contribution is 2.32. The van der Waals surface area contributed by atoms with E-state index in [1.54, 1.807) is 32.4 Å². The molecule has 1 heterocycles. The number of carbonyl (C=O) groups is 1. The monoisotopic (exact) mass is 293 g/mol. The Hall–Kier alpha value is -2.12. The van der Waals surface area contributed by atoms with Gasteiger partial charge in [-0.2, -0.15) is 0 Å². The minimum absolute atomic E-state index is 0.0237. The first-order chi connectivity index (χ1) is 9.67. The molecule has 0 radical (unpaired) electrons. The summed E-state index contributed by atoms with van der Waals surface area (Å²) in [6.07, 6.45) is 1.51. The van der Waals surface area contributed by atoms with Crippen LogP contribution in [0.5, 0.6) is 11.5 Å². The molecule has 0 saturated heterocycles. The van der Waals surface area contributed by atoms with Crippen molar-refractivity contribution >= 4 is 27.9 Å². The van der Waals surface area contributed by atoms with Crippen molar-refractivity contribution < 1.29 is 14.3 Å². The number of methoxy groups -OCH3 is 2. The molecule has 2 aromatic rings. The Kier molecular flexibility index (Phi) is 4.54. The SMILES string of the molecule is COc1ccc(OC)c(Nc2ncc(C(=O)CN)s2)c1. The maximum Gasteiger partial charge on any atom is 0.187 e. The van der Waals surface area contributed by atoms with Crippen molar-refractivity contribution in [3.63, 3.8) is 0 Å². The third-order valence-electron chi connectivity index (χ3n) is 2.61. The molecular weight excluding hydrogens is 278 g/mol. The van der Waals surface area contributed by atoms with Crippen LogP contribution in [-0.2, 0) is 0 Å². The van der Waals surface area contributed by atoms with Gasteiger partial charge >= 0.3 is 0 Å². The maximum atomic E-state index is 11.5. The van der Waals surface area contributed by atoms with Gasteiger partial charge in [-0.3, -0.25) is 4.79 Å². The molecule has 1 aromatic carbocycles. The zero-order chi connectivity index (χ0) is 14.5. The van der Waals surface area contributed by atoms with Gasteiger partial charge in [-0.15, -0.1) is 0 Å². The Labute approximate surface area is 120 Å². The standard InChI is InChI=1S/C13H15N3O3S/c1-18-8-3-4-11(19-2)9(5-8)16-13-15-7-12(20-13)10(17)6-14/h3-5,7H,6,14H2,1-2H3,(H,15,16). The minimum atomic E-state index is -0.131. The molecular formula is C13H15N3O3S. The van der Waals surface area contributed by atoms with Crippen LogP contribution in [0.2, 0.25) is 0 Å². The second-order valence-corrected chi connectivity index (χ2v) is 4.88. The van der Waals surface area contributed by atoms with Crippen molar-refractivity contribution in [2.24, 2.45) is 5.73 Å². The highest BCUT2D eigenvalue weighted by molar-refractivity contribution is 7.17. The lowest BCUT2D eigenvalue weighted by Gasteiger charge is -2.10. The Morgan fingerprint density at radius 2 is 2.20 bits per heavy atom. The van der Waals surface area contributed by atoms with Crippen LogP contribution in [0.4, 0.5) is 10.8 Å². The first kappa shape index (κ1) is 14.3. The number of carbonyl (C=O) groups excluding carboxylic acids is 1. The summed E-state index contributed by atoms with van der Waals surface area (Å²) >= 11 is 1.24. The average molecular weight is 293 g/mol. The van der Waals surface area contributed by atoms with E-state index in [4.69, 9.17) is 15.2 Å². The predicted molar refractivity (Wildman–Crippen MR) is 78.3 cm³/mol. The number of nitrogens with zero attached hydrogens (tertiary/aromatic N) is 1. The molecule has 7 heteroatoms. The number of aromatic nitrogens is 1. The zero-order valence-electron chi connectivity index (χ0n) is 11.2. The van der Waals surface area contributed by atoms with E-state index in [0.717, 1.165) is 0 Å². The molecule has 0 bridgehead atoms. The lowest BCUT2D eigenvalue weighted by molar-refractivity contribution is 0.100. The van der Waals surface area contributed by atoms with E-state index in [1.165, 1.54) is 17.5 Å². The summed E-state index contributed by atoms with van der Waals surface area (Å²) < 4.78 is 10.4. The summed E-state index contributed by atoms with van der Waals surface area (Å²) in [5, 5.41) is 3.70. The van der Waals surface area contributed by atoms with E-state index >= 15 is 0 Å². The van der Waals surface area contributed by atoms with Crippen LogP contribution in [0.1, 0.15) is 9.67 Å². The molecule has 0 amide bonds. The fraction of sp³-hybridized carbons (Fsp3) is 0.231. The van der Waals surface area contributed by atoms with Crippen LogP contribution < -0.4 is 20.5 Å². The van der Waals surface area contributed by atoms with Gasteiger partial charge in [0.2, 0.25) is 0 Å². The number of hydrogen-bond donors (Lipinski definition) is 2. The van der Waals surface area contributed by atoms with E-state index < -0.39 is 0 Å². The van der Waals surface area contributed by atoms with Crippen molar-refractivity contribution in [1.29, 1.82) is 0 Å². The van der Waals surface area contributed by atoms with Crippen LogP contribution in [0, 0.1) is 0 Å². The van der Waals surface area contributed by atoms with E-state index in [9.17, 15) is 4.79 Å². The third kappa shape index (κ3) is 3.06. The maximum absolute atomic E-state index is 11.5. The Morgan fingerprint density at radius 3 is 2.85 bits per heavy atom. The molecule has 20 heavy (non-hydrogen) atoms. The van der Waals surface area contributed by atoms with E-state index in [2.05, 4.69) is 10.3 Å². The number of hydrogen-bond acceptors (Lipinski definition) is 7. The second-order valence-electron chi connectivity index (χ2n) is 3.85. The van der Waals surface area contributed by atoms with Crippen molar-refractivity contribution in [3.8, 4) is 11.5 Å². The molecule has 0 spiro atoms. The number of benzene rings is 1. The average Bonchev–Trinajstić information content (AvgIpc) is 2.94. The highest BCUT2D eigenvalue weighted by atomic mass is 32.1. The van der Waals surface area contributed by atoms with Crippen LogP contribution in [0.15, 0.2) is 24.4 Å². The van der Waals surface area contributed by atoms with Gasteiger partial charge in [0.05, 0.1) is 37.5 Å². The molecule has 3 N–H and O–H groups in total. The van der Waals surface area contributed by atoms with Gasteiger partial charge in [0.25, 0.3) is 0 Å². The smallest absolute Gasteiger partial charge is 0.187 e. The van der Waals surface area contributed by atoms with Crippen LogP contribution in [0.3, 0.4) is 0 Å². The summed E-state index contributed by atoms with van der Waals surface area (Å²) in [6, 6.07) is 5.39. The van der Waals surface area contributed by atoms with Gasteiger partial charge in [0.15, 0.2) is 10.9 Å². The Morgan fingerprint density at radius 1 is 1.40 bits per heavy atom. The van der Waals surface area contributed by atoms with Gasteiger partial charge in [-0.05, 0) is 12.1 Å². The summed E-state index contributed by atoms with van der Waals surface area (Å²) in [4.78, 5) is 16.1. The third-order valence-corrected chi connectivity index (χ3v) is 3.57. The Bertz CT molecular complexity index is 613. The summed E-state index contributed by atoms with van der Waals surface area (Å²) in [6.45, 7) is -0.0237.